The summed E-state index contributed by atoms with van der Waals surface area (Å²) in [5.74, 6) is 0.451. The number of aliphatic hydroxyl groups excluding tert-OH is 2. The van der Waals surface area contributed by atoms with Gasteiger partial charge in [0.25, 0.3) is 0 Å². The summed E-state index contributed by atoms with van der Waals surface area (Å²) in [5, 5.41) is 17.4. The quantitative estimate of drug-likeness (QED) is 0.171. The molecule has 0 aromatic heterocycles. The number of rotatable bonds is 15. The Labute approximate surface area is 128 Å². The molecule has 126 valence electrons. The van der Waals surface area contributed by atoms with Crippen LogP contribution in [-0.2, 0) is 23.4 Å². The monoisotopic (exact) mass is 324 g/mol. The first-order chi connectivity index (χ1) is 10.3. The number of hydrogen-bond acceptors (Lipinski definition) is 7. The van der Waals surface area contributed by atoms with Gasteiger partial charge >= 0.3 is 0 Å². The van der Waals surface area contributed by atoms with E-state index in [-0.39, 0.29) is 33.0 Å². The van der Waals surface area contributed by atoms with Gasteiger partial charge in [-0.1, -0.05) is 6.92 Å². The molecule has 0 bridgehead atoms. The molecule has 0 spiro atoms. The summed E-state index contributed by atoms with van der Waals surface area (Å²) in [6.45, 7) is 5.05. The summed E-state index contributed by atoms with van der Waals surface area (Å²) in [5.41, 5.74) is 0. The lowest BCUT2D eigenvalue weighted by Gasteiger charge is -2.19. The molecule has 1 heterocycles. The van der Waals surface area contributed by atoms with Crippen LogP contribution in [0.15, 0.2) is 0 Å². The summed E-state index contributed by atoms with van der Waals surface area (Å²) in [7, 11) is -0.738. The third-order valence-corrected chi connectivity index (χ3v) is 4.74. The molecule has 0 radical (unpaired) electrons. The maximum absolute atomic E-state index is 8.77. The van der Waals surface area contributed by atoms with Crippen molar-refractivity contribution >= 4 is 9.76 Å². The van der Waals surface area contributed by atoms with Crippen molar-refractivity contribution in [3.8, 4) is 0 Å². The van der Waals surface area contributed by atoms with E-state index in [4.69, 9.17) is 33.6 Å². The Morgan fingerprint density at radius 1 is 1.19 bits per heavy atom. The van der Waals surface area contributed by atoms with Crippen molar-refractivity contribution in [1.82, 2.24) is 0 Å². The van der Waals surface area contributed by atoms with Gasteiger partial charge in [-0.2, -0.15) is 0 Å². The maximum atomic E-state index is 8.77. The van der Waals surface area contributed by atoms with Crippen molar-refractivity contribution < 1.29 is 33.6 Å². The van der Waals surface area contributed by atoms with Crippen molar-refractivity contribution in [2.45, 2.75) is 25.4 Å². The highest BCUT2D eigenvalue weighted by atomic mass is 28.2. The van der Waals surface area contributed by atoms with Gasteiger partial charge in [-0.05, 0) is 12.0 Å². The van der Waals surface area contributed by atoms with E-state index in [1.165, 1.54) is 0 Å². The Morgan fingerprint density at radius 2 is 1.95 bits per heavy atom. The van der Waals surface area contributed by atoms with E-state index < -0.39 is 16.1 Å². The first-order valence-electron chi connectivity index (χ1n) is 7.48. The van der Waals surface area contributed by atoms with E-state index in [0.717, 1.165) is 19.3 Å². The molecule has 1 aliphatic heterocycles. The fraction of sp³-hybridized carbons (Fsp3) is 1.00. The zero-order valence-electron chi connectivity index (χ0n) is 12.7. The van der Waals surface area contributed by atoms with Gasteiger partial charge < -0.3 is 33.6 Å². The van der Waals surface area contributed by atoms with Crippen molar-refractivity contribution in [2.75, 3.05) is 52.9 Å². The Bertz CT molecular complexity index is 241. The third-order valence-electron chi connectivity index (χ3n) is 2.91. The van der Waals surface area contributed by atoms with Gasteiger partial charge in [0.1, 0.15) is 6.10 Å². The lowest BCUT2D eigenvalue weighted by atomic mass is 10.2. The van der Waals surface area contributed by atoms with E-state index in [0.29, 0.717) is 18.6 Å². The van der Waals surface area contributed by atoms with Crippen LogP contribution in [0.5, 0.6) is 0 Å². The second kappa shape index (κ2) is 12.5. The maximum Gasteiger partial charge on any atom is 0.171 e. The average Bonchev–Trinajstić information content (AvgIpc) is 3.28. The third kappa shape index (κ3) is 11.2. The SMILES string of the molecule is CC(COCC1CO1)C[SiH2]OC(COCCO)OCCO. The molecule has 0 aliphatic carbocycles. The van der Waals surface area contributed by atoms with E-state index in [1.54, 1.807) is 0 Å². The van der Waals surface area contributed by atoms with Crippen LogP contribution in [0.4, 0.5) is 0 Å². The second-order valence-electron chi connectivity index (χ2n) is 5.08. The summed E-state index contributed by atoms with van der Waals surface area (Å²) in [4.78, 5) is 0. The minimum atomic E-state index is -0.738. The summed E-state index contributed by atoms with van der Waals surface area (Å²) in [6.07, 6.45) is -0.144. The highest BCUT2D eigenvalue weighted by Crippen LogP contribution is 2.11. The zero-order valence-corrected chi connectivity index (χ0v) is 14.2. The molecule has 1 aliphatic rings. The van der Waals surface area contributed by atoms with Crippen LogP contribution in [0.3, 0.4) is 0 Å². The largest absolute Gasteiger partial charge is 0.398 e. The van der Waals surface area contributed by atoms with Crippen LogP contribution >= 0.6 is 0 Å². The minimum absolute atomic E-state index is 0.0246. The van der Waals surface area contributed by atoms with Crippen molar-refractivity contribution in [3.05, 3.63) is 0 Å². The minimum Gasteiger partial charge on any atom is -0.398 e. The second-order valence-corrected chi connectivity index (χ2v) is 6.40. The summed E-state index contributed by atoms with van der Waals surface area (Å²) < 4.78 is 26.9. The fourth-order valence-corrected chi connectivity index (χ4v) is 2.78. The Kier molecular flexibility index (Phi) is 11.3. The number of epoxide rings is 1. The predicted octanol–water partition coefficient (Wildman–Crippen LogP) is -1.10. The Hall–Kier alpha value is -0.0631. The van der Waals surface area contributed by atoms with Crippen molar-refractivity contribution in [3.63, 3.8) is 0 Å². The molecule has 2 N–H and O–H groups in total. The van der Waals surface area contributed by atoms with E-state index in [9.17, 15) is 0 Å². The molecule has 3 unspecified atom stereocenters. The molecule has 0 aromatic carbocycles. The normalized spacial score (nSPS) is 21.0. The van der Waals surface area contributed by atoms with E-state index >= 15 is 0 Å². The summed E-state index contributed by atoms with van der Waals surface area (Å²) >= 11 is 0. The van der Waals surface area contributed by atoms with Gasteiger partial charge in [-0.3, -0.25) is 0 Å². The Morgan fingerprint density at radius 3 is 2.62 bits per heavy atom. The van der Waals surface area contributed by atoms with Gasteiger partial charge in [0.05, 0.1) is 46.2 Å². The summed E-state index contributed by atoms with van der Waals surface area (Å²) in [6, 6.07) is 0.991. The predicted molar refractivity (Wildman–Crippen MR) is 78.9 cm³/mol. The van der Waals surface area contributed by atoms with Crippen molar-refractivity contribution in [2.24, 2.45) is 5.92 Å². The zero-order chi connectivity index (χ0) is 15.3. The van der Waals surface area contributed by atoms with Crippen LogP contribution in [-0.4, -0.2) is 85.2 Å². The molecule has 0 saturated carbocycles. The molecular weight excluding hydrogens is 296 g/mol. The number of ether oxygens (including phenoxy) is 4. The van der Waals surface area contributed by atoms with Crippen LogP contribution in [0.2, 0.25) is 6.04 Å². The highest BCUT2D eigenvalue weighted by molar-refractivity contribution is 6.27. The topological polar surface area (TPSA) is 89.9 Å². The molecule has 3 atom stereocenters. The van der Waals surface area contributed by atoms with Crippen LogP contribution < -0.4 is 0 Å². The van der Waals surface area contributed by atoms with Gasteiger partial charge in [-0.25, -0.2) is 0 Å². The number of aliphatic hydroxyl groups is 2. The average molecular weight is 324 g/mol. The fourth-order valence-electron chi connectivity index (χ4n) is 1.62. The molecule has 1 rings (SSSR count). The van der Waals surface area contributed by atoms with Crippen LogP contribution in [0.25, 0.3) is 0 Å². The first kappa shape index (κ1) is 19.0. The Balaban J connectivity index is 2.02. The van der Waals surface area contributed by atoms with Crippen LogP contribution in [0, 0.1) is 5.92 Å². The van der Waals surface area contributed by atoms with Gasteiger partial charge in [0, 0.05) is 6.61 Å². The lowest BCUT2D eigenvalue weighted by molar-refractivity contribution is -0.129. The highest BCUT2D eigenvalue weighted by Gasteiger charge is 2.22. The van der Waals surface area contributed by atoms with Crippen LogP contribution in [0.1, 0.15) is 6.92 Å². The molecular formula is C13H28O7Si. The van der Waals surface area contributed by atoms with Gasteiger partial charge in [-0.15, -0.1) is 0 Å². The van der Waals surface area contributed by atoms with Gasteiger partial charge in [0.15, 0.2) is 16.1 Å². The molecule has 0 amide bonds. The van der Waals surface area contributed by atoms with E-state index in [2.05, 4.69) is 6.92 Å². The molecule has 21 heavy (non-hydrogen) atoms. The van der Waals surface area contributed by atoms with E-state index in [1.807, 2.05) is 0 Å². The molecule has 0 aromatic rings. The smallest absolute Gasteiger partial charge is 0.171 e. The molecule has 7 nitrogen and oxygen atoms in total. The van der Waals surface area contributed by atoms with Crippen molar-refractivity contribution in [1.29, 1.82) is 0 Å². The molecule has 1 fully saturated rings. The standard InChI is InChI=1S/C13H28O7Si/c1-11(6-17-7-12-8-19-12)10-21-20-13(18-5-3-15)9-16-4-2-14/h11-15H,2-10,21H2,1H3. The molecule has 1 saturated heterocycles. The number of hydrogen-bond donors (Lipinski definition) is 2. The lowest BCUT2D eigenvalue weighted by Crippen LogP contribution is -2.28. The molecule has 8 heteroatoms. The first-order valence-corrected chi connectivity index (χ1v) is 9.06. The van der Waals surface area contributed by atoms with Gasteiger partial charge in [0.2, 0.25) is 0 Å².